The number of aromatic nitrogens is 2. The number of hydrogen-bond donors (Lipinski definition) is 1. The van der Waals surface area contributed by atoms with Crippen LogP contribution < -0.4 is 5.73 Å². The highest BCUT2D eigenvalue weighted by Crippen LogP contribution is 2.30. The molecule has 1 aromatic carbocycles. The number of nitrogens with two attached hydrogens (primary N) is 1. The molecule has 6 heteroatoms. The Morgan fingerprint density at radius 1 is 1.09 bits per heavy atom. The molecular weight excluding hydrogens is 434 g/mol. The zero-order valence-corrected chi connectivity index (χ0v) is 21.2. The molecule has 35 heavy (non-hydrogen) atoms. The van der Waals surface area contributed by atoms with E-state index in [4.69, 9.17) is 5.73 Å². The van der Waals surface area contributed by atoms with E-state index in [2.05, 4.69) is 46.9 Å². The van der Waals surface area contributed by atoms with Gasteiger partial charge in [0.15, 0.2) is 0 Å². The smallest absolute Gasteiger partial charge is 0.253 e. The maximum absolute atomic E-state index is 12.1. The lowest BCUT2D eigenvalue weighted by atomic mass is 9.88. The summed E-state index contributed by atoms with van der Waals surface area (Å²) in [6.45, 7) is 7.32. The summed E-state index contributed by atoms with van der Waals surface area (Å²) < 4.78 is 0. The van der Waals surface area contributed by atoms with E-state index >= 15 is 0 Å². The molecule has 0 unspecified atom stereocenters. The fraction of sp³-hybridized carbons (Fsp3) is 0.345. The van der Waals surface area contributed by atoms with Crippen molar-refractivity contribution in [1.82, 2.24) is 19.8 Å². The predicted octanol–water partition coefficient (Wildman–Crippen LogP) is 5.02. The molecule has 1 fully saturated rings. The SMILES string of the molecule is C/C(=C\c1c(-c2ccc(N)nc2)ccnc1C)CN1CCC(c2ccc(C(=O)N(C)C)cc2)CC1. The number of nitrogen functional groups attached to an aromatic ring is 1. The van der Waals surface area contributed by atoms with E-state index in [-0.39, 0.29) is 5.91 Å². The summed E-state index contributed by atoms with van der Waals surface area (Å²) in [6.07, 6.45) is 8.19. The molecule has 0 radical (unpaired) electrons. The number of aryl methyl sites for hydroxylation is 1. The molecular formula is C29H35N5O. The Bertz CT molecular complexity index is 1190. The standard InChI is InChI=1S/C29H35N5O/c1-20(17-27-21(2)31-14-11-26(27)25-9-10-28(30)32-18-25)19-34-15-12-23(13-16-34)22-5-7-24(8-6-22)29(35)33(3)4/h5-11,14,17-18,23H,12-13,15-16,19H2,1-4H3,(H2,30,32)/b20-17+. The summed E-state index contributed by atoms with van der Waals surface area (Å²) in [5, 5.41) is 0. The van der Waals surface area contributed by atoms with E-state index in [0.29, 0.717) is 11.7 Å². The van der Waals surface area contributed by atoms with Gasteiger partial charge in [-0.2, -0.15) is 0 Å². The minimum Gasteiger partial charge on any atom is -0.384 e. The average Bonchev–Trinajstić information content (AvgIpc) is 2.86. The number of carbonyl (C=O) groups excluding carboxylic acids is 1. The van der Waals surface area contributed by atoms with Gasteiger partial charge < -0.3 is 10.6 Å². The van der Waals surface area contributed by atoms with Gasteiger partial charge in [0.25, 0.3) is 5.91 Å². The Morgan fingerprint density at radius 2 is 1.80 bits per heavy atom. The Hall–Kier alpha value is -3.51. The third-order valence-corrected chi connectivity index (χ3v) is 6.77. The number of carbonyl (C=O) groups is 1. The molecule has 0 aliphatic carbocycles. The zero-order chi connectivity index (χ0) is 24.9. The van der Waals surface area contributed by atoms with E-state index in [9.17, 15) is 4.79 Å². The second-order valence-corrected chi connectivity index (χ2v) is 9.69. The number of pyridine rings is 2. The minimum atomic E-state index is 0.0494. The molecule has 4 rings (SSSR count). The number of anilines is 1. The van der Waals surface area contributed by atoms with Crippen molar-refractivity contribution in [2.45, 2.75) is 32.6 Å². The number of likely N-dealkylation sites (tertiary alicyclic amines) is 1. The zero-order valence-electron chi connectivity index (χ0n) is 21.2. The first kappa shape index (κ1) is 24.6. The van der Waals surface area contributed by atoms with Gasteiger partial charge in [0.2, 0.25) is 0 Å². The predicted molar refractivity (Wildman–Crippen MR) is 143 cm³/mol. The van der Waals surface area contributed by atoms with E-state index in [1.54, 1.807) is 19.0 Å². The fourth-order valence-electron chi connectivity index (χ4n) is 4.80. The monoisotopic (exact) mass is 469 g/mol. The van der Waals surface area contributed by atoms with E-state index in [1.807, 2.05) is 42.7 Å². The van der Waals surface area contributed by atoms with Crippen LogP contribution in [0.15, 0.2) is 60.4 Å². The number of rotatable bonds is 6. The Morgan fingerprint density at radius 3 is 2.43 bits per heavy atom. The van der Waals surface area contributed by atoms with Crippen LogP contribution in [-0.2, 0) is 0 Å². The molecule has 1 aliphatic rings. The molecule has 2 N–H and O–H groups in total. The first-order valence-corrected chi connectivity index (χ1v) is 12.2. The van der Waals surface area contributed by atoms with Crippen LogP contribution >= 0.6 is 0 Å². The topological polar surface area (TPSA) is 75.3 Å². The molecule has 1 amide bonds. The number of amides is 1. The number of nitrogens with zero attached hydrogens (tertiary/aromatic N) is 4. The van der Waals surface area contributed by atoms with Crippen molar-refractivity contribution in [3.05, 3.63) is 82.8 Å². The fourth-order valence-corrected chi connectivity index (χ4v) is 4.80. The normalized spacial score (nSPS) is 15.3. The highest BCUT2D eigenvalue weighted by atomic mass is 16.2. The van der Waals surface area contributed by atoms with Gasteiger partial charge >= 0.3 is 0 Å². The van der Waals surface area contributed by atoms with Crippen LogP contribution in [0.5, 0.6) is 0 Å². The molecule has 3 aromatic rings. The summed E-state index contributed by atoms with van der Waals surface area (Å²) in [4.78, 5) is 25.1. The van der Waals surface area contributed by atoms with E-state index in [1.165, 1.54) is 11.1 Å². The summed E-state index contributed by atoms with van der Waals surface area (Å²) >= 11 is 0. The molecule has 1 saturated heterocycles. The van der Waals surface area contributed by atoms with Crippen LogP contribution in [0.1, 0.15) is 52.9 Å². The van der Waals surface area contributed by atoms with Gasteiger partial charge in [0, 0.05) is 55.4 Å². The Kier molecular flexibility index (Phi) is 7.61. The largest absolute Gasteiger partial charge is 0.384 e. The van der Waals surface area contributed by atoms with Crippen LogP contribution in [0, 0.1) is 6.92 Å². The molecule has 6 nitrogen and oxygen atoms in total. The van der Waals surface area contributed by atoms with Crippen LogP contribution in [0.25, 0.3) is 17.2 Å². The lowest BCUT2D eigenvalue weighted by Crippen LogP contribution is -2.34. The maximum Gasteiger partial charge on any atom is 0.253 e. The van der Waals surface area contributed by atoms with E-state index in [0.717, 1.165) is 60.4 Å². The van der Waals surface area contributed by atoms with Crippen LogP contribution in [-0.4, -0.2) is 59.4 Å². The summed E-state index contributed by atoms with van der Waals surface area (Å²) in [5.41, 5.74) is 13.5. The molecule has 2 aromatic heterocycles. The molecule has 182 valence electrons. The molecule has 1 aliphatic heterocycles. The van der Waals surface area contributed by atoms with Gasteiger partial charge in [-0.15, -0.1) is 0 Å². The highest BCUT2D eigenvalue weighted by molar-refractivity contribution is 5.93. The second-order valence-electron chi connectivity index (χ2n) is 9.69. The van der Waals surface area contributed by atoms with Crippen molar-refractivity contribution in [3.63, 3.8) is 0 Å². The van der Waals surface area contributed by atoms with Gasteiger partial charge in [-0.05, 0) is 87.2 Å². The first-order valence-electron chi connectivity index (χ1n) is 12.2. The van der Waals surface area contributed by atoms with Crippen LogP contribution in [0.3, 0.4) is 0 Å². The lowest BCUT2D eigenvalue weighted by molar-refractivity contribution is 0.0827. The molecule has 0 spiro atoms. The van der Waals surface area contributed by atoms with Crippen molar-refractivity contribution >= 4 is 17.8 Å². The molecule has 0 bridgehead atoms. The molecule has 3 heterocycles. The first-order chi connectivity index (χ1) is 16.8. The van der Waals surface area contributed by atoms with Crippen molar-refractivity contribution in [2.24, 2.45) is 0 Å². The third-order valence-electron chi connectivity index (χ3n) is 6.77. The number of hydrogen-bond acceptors (Lipinski definition) is 5. The maximum atomic E-state index is 12.1. The van der Waals surface area contributed by atoms with E-state index < -0.39 is 0 Å². The van der Waals surface area contributed by atoms with Gasteiger partial charge in [-0.25, -0.2) is 4.98 Å². The molecule has 0 atom stereocenters. The highest BCUT2D eigenvalue weighted by Gasteiger charge is 2.21. The van der Waals surface area contributed by atoms with Crippen molar-refractivity contribution in [2.75, 3.05) is 39.5 Å². The molecule has 0 saturated carbocycles. The number of piperidine rings is 1. The lowest BCUT2D eigenvalue weighted by Gasteiger charge is -2.32. The van der Waals surface area contributed by atoms with Crippen LogP contribution in [0.4, 0.5) is 5.82 Å². The second kappa shape index (κ2) is 10.8. The van der Waals surface area contributed by atoms with Gasteiger partial charge in [-0.3, -0.25) is 14.7 Å². The Labute approximate surface area is 208 Å². The number of benzene rings is 1. The summed E-state index contributed by atoms with van der Waals surface area (Å²) in [6, 6.07) is 14.1. The third kappa shape index (κ3) is 5.95. The quantitative estimate of drug-likeness (QED) is 0.549. The minimum absolute atomic E-state index is 0.0494. The summed E-state index contributed by atoms with van der Waals surface area (Å²) in [5.74, 6) is 1.12. The van der Waals surface area contributed by atoms with Crippen molar-refractivity contribution < 1.29 is 4.79 Å². The summed E-state index contributed by atoms with van der Waals surface area (Å²) in [7, 11) is 3.57. The van der Waals surface area contributed by atoms with Crippen LogP contribution in [0.2, 0.25) is 0 Å². The van der Waals surface area contributed by atoms with Crippen molar-refractivity contribution in [1.29, 1.82) is 0 Å². The van der Waals surface area contributed by atoms with Crippen molar-refractivity contribution in [3.8, 4) is 11.1 Å². The Balaban J connectivity index is 1.40. The average molecular weight is 470 g/mol. The van der Waals surface area contributed by atoms with Gasteiger partial charge in [0.05, 0.1) is 0 Å². The van der Waals surface area contributed by atoms with Gasteiger partial charge in [0.1, 0.15) is 5.82 Å². The van der Waals surface area contributed by atoms with Gasteiger partial charge in [-0.1, -0.05) is 23.8 Å².